The minimum absolute atomic E-state index is 0.290. The lowest BCUT2D eigenvalue weighted by molar-refractivity contribution is 0.184. The van der Waals surface area contributed by atoms with Crippen LogP contribution < -0.4 is 0 Å². The second-order valence-corrected chi connectivity index (χ2v) is 4.17. The van der Waals surface area contributed by atoms with Crippen molar-refractivity contribution < 1.29 is 5.11 Å². The molecule has 0 saturated heterocycles. The van der Waals surface area contributed by atoms with Crippen molar-refractivity contribution in [1.29, 1.82) is 0 Å². The normalized spacial score (nSPS) is 13.3. The lowest BCUT2D eigenvalue weighted by Crippen LogP contribution is -2.02. The fourth-order valence-electron chi connectivity index (χ4n) is 1.50. The molecule has 0 spiro atoms. The number of aliphatic hydroxyl groups excluding tert-OH is 1. The summed E-state index contributed by atoms with van der Waals surface area (Å²) in [6.07, 6.45) is 1.18. The summed E-state index contributed by atoms with van der Waals surface area (Å²) in [6.45, 7) is 1.78. The maximum Gasteiger partial charge on any atom is 0.107 e. The Morgan fingerprint density at radius 2 is 2.33 bits per heavy atom. The quantitative estimate of drug-likeness (QED) is 0.842. The van der Waals surface area contributed by atoms with Crippen LogP contribution >= 0.6 is 11.6 Å². The van der Waals surface area contributed by atoms with Crippen LogP contribution in [-0.2, 0) is 6.42 Å². The van der Waals surface area contributed by atoms with Gasteiger partial charge in [0, 0.05) is 11.4 Å². The molecule has 0 fully saturated rings. The fourth-order valence-corrected chi connectivity index (χ4v) is 1.67. The molecular formula is C11H13ClN2O. The van der Waals surface area contributed by atoms with E-state index in [0.29, 0.717) is 11.4 Å². The van der Waals surface area contributed by atoms with Crippen LogP contribution in [0.25, 0.3) is 11.0 Å². The zero-order chi connectivity index (χ0) is 10.8. The number of nitrogens with one attached hydrogen (secondary N) is 1. The van der Waals surface area contributed by atoms with Crippen molar-refractivity contribution in [2.24, 2.45) is 0 Å². The van der Waals surface area contributed by atoms with Gasteiger partial charge in [-0.05, 0) is 31.5 Å². The molecule has 15 heavy (non-hydrogen) atoms. The van der Waals surface area contributed by atoms with Crippen LogP contribution in [0.3, 0.4) is 0 Å². The van der Waals surface area contributed by atoms with Crippen LogP contribution in [0.1, 0.15) is 19.2 Å². The van der Waals surface area contributed by atoms with Gasteiger partial charge in [-0.3, -0.25) is 0 Å². The molecule has 0 aliphatic carbocycles. The van der Waals surface area contributed by atoms with Crippen LogP contribution in [0.5, 0.6) is 0 Å². The smallest absolute Gasteiger partial charge is 0.107 e. The van der Waals surface area contributed by atoms with E-state index in [9.17, 15) is 0 Å². The number of nitrogens with zero attached hydrogens (tertiary/aromatic N) is 1. The first-order chi connectivity index (χ1) is 7.15. The maximum atomic E-state index is 9.17. The highest BCUT2D eigenvalue weighted by atomic mass is 35.5. The zero-order valence-electron chi connectivity index (χ0n) is 8.50. The number of hydrogen-bond donors (Lipinski definition) is 2. The van der Waals surface area contributed by atoms with Crippen LogP contribution in [-0.4, -0.2) is 21.2 Å². The Morgan fingerprint density at radius 1 is 1.53 bits per heavy atom. The van der Waals surface area contributed by atoms with Crippen LogP contribution in [0, 0.1) is 0 Å². The summed E-state index contributed by atoms with van der Waals surface area (Å²) in [5.74, 6) is 0.896. The summed E-state index contributed by atoms with van der Waals surface area (Å²) >= 11 is 5.87. The third-order valence-corrected chi connectivity index (χ3v) is 2.53. The van der Waals surface area contributed by atoms with Gasteiger partial charge < -0.3 is 10.1 Å². The van der Waals surface area contributed by atoms with Gasteiger partial charge >= 0.3 is 0 Å². The Labute approximate surface area is 93.1 Å². The van der Waals surface area contributed by atoms with Crippen molar-refractivity contribution in [3.8, 4) is 0 Å². The number of imidazole rings is 1. The van der Waals surface area contributed by atoms with Gasteiger partial charge in [0.1, 0.15) is 5.82 Å². The number of benzene rings is 1. The number of fused-ring (bicyclic) bond motifs is 1. The topological polar surface area (TPSA) is 48.9 Å². The number of aromatic amines is 1. The monoisotopic (exact) mass is 224 g/mol. The fraction of sp³-hybridized carbons (Fsp3) is 0.364. The van der Waals surface area contributed by atoms with Gasteiger partial charge in [-0.15, -0.1) is 0 Å². The van der Waals surface area contributed by atoms with E-state index in [0.717, 1.165) is 23.3 Å². The van der Waals surface area contributed by atoms with Gasteiger partial charge in [0.25, 0.3) is 0 Å². The SMILES string of the molecule is CC(O)CCc1nc2ccc(Cl)cc2[nH]1. The summed E-state index contributed by atoms with van der Waals surface area (Å²) in [7, 11) is 0. The standard InChI is InChI=1S/C11H13ClN2O/c1-7(15)2-5-11-13-9-4-3-8(12)6-10(9)14-11/h3-4,6-7,15H,2,5H2,1H3,(H,13,14). The van der Waals surface area contributed by atoms with E-state index < -0.39 is 0 Å². The average molecular weight is 225 g/mol. The van der Waals surface area contributed by atoms with Gasteiger partial charge in [-0.2, -0.15) is 0 Å². The van der Waals surface area contributed by atoms with Crippen molar-refractivity contribution in [1.82, 2.24) is 9.97 Å². The van der Waals surface area contributed by atoms with Crippen molar-refractivity contribution in [3.05, 3.63) is 29.0 Å². The van der Waals surface area contributed by atoms with Crippen LogP contribution in [0.15, 0.2) is 18.2 Å². The first-order valence-corrected chi connectivity index (χ1v) is 5.35. The highest BCUT2D eigenvalue weighted by molar-refractivity contribution is 6.31. The van der Waals surface area contributed by atoms with E-state index in [2.05, 4.69) is 9.97 Å². The Bertz CT molecular complexity index is 465. The Hall–Kier alpha value is -1.06. The second-order valence-electron chi connectivity index (χ2n) is 3.73. The average Bonchev–Trinajstić information content (AvgIpc) is 2.56. The Kier molecular flexibility index (Phi) is 2.93. The van der Waals surface area contributed by atoms with E-state index in [4.69, 9.17) is 16.7 Å². The van der Waals surface area contributed by atoms with E-state index in [-0.39, 0.29) is 6.10 Å². The minimum Gasteiger partial charge on any atom is -0.393 e. The van der Waals surface area contributed by atoms with Crippen LogP contribution in [0.2, 0.25) is 5.02 Å². The number of hydrogen-bond acceptors (Lipinski definition) is 2. The minimum atomic E-state index is -0.290. The summed E-state index contributed by atoms with van der Waals surface area (Å²) in [6, 6.07) is 5.57. The summed E-state index contributed by atoms with van der Waals surface area (Å²) < 4.78 is 0. The number of halogens is 1. The lowest BCUT2D eigenvalue weighted by atomic mass is 10.2. The largest absolute Gasteiger partial charge is 0.393 e. The molecule has 1 atom stereocenters. The summed E-state index contributed by atoms with van der Waals surface area (Å²) in [4.78, 5) is 7.59. The van der Waals surface area contributed by atoms with Crippen LogP contribution in [0.4, 0.5) is 0 Å². The van der Waals surface area contributed by atoms with Crippen molar-refractivity contribution >= 4 is 22.6 Å². The summed E-state index contributed by atoms with van der Waals surface area (Å²) in [5.41, 5.74) is 1.86. The molecule has 0 amide bonds. The molecule has 0 aliphatic heterocycles. The maximum absolute atomic E-state index is 9.17. The molecule has 2 N–H and O–H groups in total. The molecule has 0 bridgehead atoms. The number of H-pyrrole nitrogens is 1. The molecule has 0 radical (unpaired) electrons. The third kappa shape index (κ3) is 2.49. The molecule has 1 aromatic carbocycles. The van der Waals surface area contributed by atoms with Gasteiger partial charge in [-0.1, -0.05) is 11.6 Å². The number of aliphatic hydroxyl groups is 1. The Morgan fingerprint density at radius 3 is 3.07 bits per heavy atom. The van der Waals surface area contributed by atoms with E-state index in [1.807, 2.05) is 18.2 Å². The van der Waals surface area contributed by atoms with E-state index in [1.165, 1.54) is 0 Å². The Balaban J connectivity index is 2.23. The first-order valence-electron chi connectivity index (χ1n) is 4.97. The van der Waals surface area contributed by atoms with Gasteiger partial charge in [0.2, 0.25) is 0 Å². The van der Waals surface area contributed by atoms with Gasteiger partial charge in [0.15, 0.2) is 0 Å². The van der Waals surface area contributed by atoms with Crippen molar-refractivity contribution in [2.75, 3.05) is 0 Å². The molecule has 1 heterocycles. The number of aryl methyl sites for hydroxylation is 1. The van der Waals surface area contributed by atoms with E-state index in [1.54, 1.807) is 6.92 Å². The number of rotatable bonds is 3. The van der Waals surface area contributed by atoms with Crippen molar-refractivity contribution in [3.63, 3.8) is 0 Å². The molecule has 0 aliphatic rings. The second kappa shape index (κ2) is 4.21. The number of aromatic nitrogens is 2. The molecule has 4 heteroatoms. The molecule has 2 rings (SSSR count). The predicted molar refractivity (Wildman–Crippen MR) is 61.1 cm³/mol. The predicted octanol–water partition coefficient (Wildman–Crippen LogP) is 2.53. The molecule has 1 aromatic heterocycles. The first kappa shape index (κ1) is 10.5. The molecular weight excluding hydrogens is 212 g/mol. The summed E-state index contributed by atoms with van der Waals surface area (Å²) in [5, 5.41) is 9.87. The van der Waals surface area contributed by atoms with Gasteiger partial charge in [0.05, 0.1) is 17.1 Å². The molecule has 0 saturated carbocycles. The molecule has 3 nitrogen and oxygen atoms in total. The lowest BCUT2D eigenvalue weighted by Gasteiger charge is -1.99. The van der Waals surface area contributed by atoms with Gasteiger partial charge in [-0.25, -0.2) is 4.98 Å². The zero-order valence-corrected chi connectivity index (χ0v) is 9.25. The molecule has 80 valence electrons. The third-order valence-electron chi connectivity index (χ3n) is 2.29. The highest BCUT2D eigenvalue weighted by Crippen LogP contribution is 2.17. The van der Waals surface area contributed by atoms with Crippen molar-refractivity contribution in [2.45, 2.75) is 25.9 Å². The molecule has 2 aromatic rings. The van der Waals surface area contributed by atoms with E-state index >= 15 is 0 Å². The molecule has 1 unspecified atom stereocenters. The highest BCUT2D eigenvalue weighted by Gasteiger charge is 2.04.